The van der Waals surface area contributed by atoms with Crippen molar-refractivity contribution in [1.82, 2.24) is 9.55 Å². The second-order valence-corrected chi connectivity index (χ2v) is 4.41. The fourth-order valence-corrected chi connectivity index (χ4v) is 1.92. The fraction of sp³-hybridized carbons (Fsp3) is 0.600. The summed E-state index contributed by atoms with van der Waals surface area (Å²) in [5.41, 5.74) is 3.00. The highest BCUT2D eigenvalue weighted by molar-refractivity contribution is 5.23. The predicted molar refractivity (Wildman–Crippen MR) is 60.5 cm³/mol. The van der Waals surface area contributed by atoms with Gasteiger partial charge in [0.25, 0.3) is 0 Å². The van der Waals surface area contributed by atoms with Crippen molar-refractivity contribution in [3.63, 3.8) is 0 Å². The maximum Gasteiger partial charge on any atom is 0.351 e. The molecule has 4 atom stereocenters. The molecule has 8 nitrogen and oxygen atoms in total. The molecule has 0 aliphatic carbocycles. The van der Waals surface area contributed by atoms with Gasteiger partial charge >= 0.3 is 5.69 Å². The smallest absolute Gasteiger partial charge is 0.351 e. The van der Waals surface area contributed by atoms with E-state index in [0.717, 1.165) is 4.57 Å². The standard InChI is InChI=1S/C10H15N3O5/c1-10(17)5(4-14)18-8(7(10)15)13-3-2-6(11)12-9(13)16/h2-3,5,7-8,14-15,17H,4H2,1H3,(H2,11,12,16)/t5-,7+,8-,10-/m1/s1. The van der Waals surface area contributed by atoms with Crippen molar-refractivity contribution in [2.75, 3.05) is 12.3 Å². The summed E-state index contributed by atoms with van der Waals surface area (Å²) in [7, 11) is 0. The predicted octanol–water partition coefficient (Wildman–Crippen LogP) is -2.17. The Labute approximate surface area is 102 Å². The lowest BCUT2D eigenvalue weighted by Crippen LogP contribution is -2.46. The first-order chi connectivity index (χ1) is 8.37. The number of ether oxygens (including phenoxy) is 1. The summed E-state index contributed by atoms with van der Waals surface area (Å²) in [4.78, 5) is 15.1. The second-order valence-electron chi connectivity index (χ2n) is 4.41. The molecule has 0 amide bonds. The van der Waals surface area contributed by atoms with Crippen molar-refractivity contribution in [1.29, 1.82) is 0 Å². The molecule has 1 fully saturated rings. The number of nitrogens with zero attached hydrogens (tertiary/aromatic N) is 2. The van der Waals surface area contributed by atoms with E-state index in [9.17, 15) is 15.0 Å². The summed E-state index contributed by atoms with van der Waals surface area (Å²) >= 11 is 0. The van der Waals surface area contributed by atoms with Gasteiger partial charge in [0.15, 0.2) is 6.23 Å². The molecule has 1 aromatic heterocycles. The molecule has 1 aliphatic rings. The van der Waals surface area contributed by atoms with Crippen LogP contribution in [-0.4, -0.2) is 49.3 Å². The first kappa shape index (κ1) is 13.0. The van der Waals surface area contributed by atoms with Gasteiger partial charge in [0.1, 0.15) is 23.6 Å². The first-order valence-corrected chi connectivity index (χ1v) is 5.39. The maximum atomic E-state index is 11.6. The van der Waals surface area contributed by atoms with Crippen LogP contribution in [0.2, 0.25) is 0 Å². The zero-order valence-corrected chi connectivity index (χ0v) is 9.72. The number of anilines is 1. The van der Waals surface area contributed by atoms with Gasteiger partial charge in [0, 0.05) is 6.20 Å². The van der Waals surface area contributed by atoms with Crippen LogP contribution in [0.15, 0.2) is 17.1 Å². The Morgan fingerprint density at radius 1 is 1.67 bits per heavy atom. The largest absolute Gasteiger partial charge is 0.394 e. The van der Waals surface area contributed by atoms with Gasteiger partial charge < -0.3 is 25.8 Å². The SMILES string of the molecule is C[C@@]1(O)[C@@H](CO)O[C@@H](n2ccc(N)nc2=O)[C@@H]1O. The first-order valence-electron chi connectivity index (χ1n) is 5.39. The molecule has 2 rings (SSSR count). The molecule has 0 unspecified atom stereocenters. The van der Waals surface area contributed by atoms with Crippen LogP contribution in [0.3, 0.4) is 0 Å². The Hall–Kier alpha value is -1.48. The van der Waals surface area contributed by atoms with Gasteiger partial charge in [-0.1, -0.05) is 0 Å². The van der Waals surface area contributed by atoms with Crippen LogP contribution >= 0.6 is 0 Å². The van der Waals surface area contributed by atoms with E-state index < -0.39 is 36.3 Å². The molecule has 8 heteroatoms. The highest BCUT2D eigenvalue weighted by Gasteiger charge is 2.52. The molecule has 0 bridgehead atoms. The van der Waals surface area contributed by atoms with Crippen LogP contribution in [0.1, 0.15) is 13.2 Å². The number of aliphatic hydroxyl groups excluding tert-OH is 2. The second kappa shape index (κ2) is 4.32. The Morgan fingerprint density at radius 3 is 2.83 bits per heavy atom. The molecule has 2 heterocycles. The van der Waals surface area contributed by atoms with E-state index in [4.69, 9.17) is 15.6 Å². The lowest BCUT2D eigenvalue weighted by Gasteiger charge is -2.25. The summed E-state index contributed by atoms with van der Waals surface area (Å²) in [5.74, 6) is 0.0502. The minimum Gasteiger partial charge on any atom is -0.394 e. The van der Waals surface area contributed by atoms with Crippen molar-refractivity contribution < 1.29 is 20.1 Å². The lowest BCUT2D eigenvalue weighted by molar-refractivity contribution is -0.0807. The van der Waals surface area contributed by atoms with Crippen LogP contribution in [0.4, 0.5) is 5.82 Å². The molecule has 0 aromatic carbocycles. The molecule has 0 spiro atoms. The Kier molecular flexibility index (Phi) is 3.11. The Balaban J connectivity index is 2.38. The van der Waals surface area contributed by atoms with E-state index in [1.54, 1.807) is 0 Å². The average Bonchev–Trinajstić information content (AvgIpc) is 2.52. The monoisotopic (exact) mass is 257 g/mol. The highest BCUT2D eigenvalue weighted by Crippen LogP contribution is 2.35. The van der Waals surface area contributed by atoms with Gasteiger partial charge in [-0.15, -0.1) is 0 Å². The molecule has 100 valence electrons. The third-order valence-electron chi connectivity index (χ3n) is 3.12. The number of rotatable bonds is 2. The topological polar surface area (TPSA) is 131 Å². The molecule has 1 aromatic rings. The van der Waals surface area contributed by atoms with E-state index in [1.165, 1.54) is 19.2 Å². The van der Waals surface area contributed by atoms with Crippen molar-refractivity contribution in [3.8, 4) is 0 Å². The Bertz CT molecular complexity index is 501. The summed E-state index contributed by atoms with van der Waals surface area (Å²) in [6.45, 7) is 0.853. The zero-order chi connectivity index (χ0) is 13.5. The van der Waals surface area contributed by atoms with E-state index >= 15 is 0 Å². The molecular weight excluding hydrogens is 242 g/mol. The normalized spacial score (nSPS) is 35.9. The Morgan fingerprint density at radius 2 is 2.33 bits per heavy atom. The van der Waals surface area contributed by atoms with E-state index in [0.29, 0.717) is 0 Å². The number of aromatic nitrogens is 2. The van der Waals surface area contributed by atoms with Gasteiger partial charge in [-0.05, 0) is 13.0 Å². The maximum absolute atomic E-state index is 11.6. The van der Waals surface area contributed by atoms with Gasteiger partial charge in [-0.2, -0.15) is 4.98 Å². The minimum atomic E-state index is -1.65. The van der Waals surface area contributed by atoms with Crippen LogP contribution < -0.4 is 11.4 Å². The number of nitrogen functional groups attached to an aromatic ring is 1. The molecule has 0 saturated carbocycles. The highest BCUT2D eigenvalue weighted by atomic mass is 16.6. The van der Waals surface area contributed by atoms with Gasteiger partial charge in [-0.3, -0.25) is 4.57 Å². The van der Waals surface area contributed by atoms with Crippen LogP contribution in [0, 0.1) is 0 Å². The summed E-state index contributed by atoms with van der Waals surface area (Å²) in [5, 5.41) is 29.0. The van der Waals surface area contributed by atoms with Crippen molar-refractivity contribution >= 4 is 5.82 Å². The molecular formula is C10H15N3O5. The van der Waals surface area contributed by atoms with E-state index in [1.807, 2.05) is 0 Å². The lowest BCUT2D eigenvalue weighted by atomic mass is 9.95. The summed E-state index contributed by atoms with van der Waals surface area (Å²) in [6, 6.07) is 1.37. The van der Waals surface area contributed by atoms with Crippen molar-refractivity contribution in [3.05, 3.63) is 22.7 Å². The molecule has 1 aliphatic heterocycles. The average molecular weight is 257 g/mol. The molecule has 18 heavy (non-hydrogen) atoms. The molecule has 5 N–H and O–H groups in total. The third-order valence-corrected chi connectivity index (χ3v) is 3.12. The molecule has 0 radical (unpaired) electrons. The van der Waals surface area contributed by atoms with E-state index in [-0.39, 0.29) is 5.82 Å². The number of nitrogens with two attached hydrogens (primary N) is 1. The van der Waals surface area contributed by atoms with Gasteiger partial charge in [0.05, 0.1) is 6.61 Å². The van der Waals surface area contributed by atoms with E-state index in [2.05, 4.69) is 4.98 Å². The van der Waals surface area contributed by atoms with Crippen molar-refractivity contribution in [2.24, 2.45) is 0 Å². The quantitative estimate of drug-likeness (QED) is 0.474. The fourth-order valence-electron chi connectivity index (χ4n) is 1.92. The number of hydrogen-bond acceptors (Lipinski definition) is 7. The van der Waals surface area contributed by atoms with Gasteiger partial charge in [0.2, 0.25) is 0 Å². The van der Waals surface area contributed by atoms with Crippen LogP contribution in [0.5, 0.6) is 0 Å². The van der Waals surface area contributed by atoms with Crippen molar-refractivity contribution in [2.45, 2.75) is 31.0 Å². The zero-order valence-electron chi connectivity index (χ0n) is 9.72. The summed E-state index contributed by atoms with van der Waals surface area (Å²) < 4.78 is 6.30. The van der Waals surface area contributed by atoms with Gasteiger partial charge in [-0.25, -0.2) is 4.79 Å². The van der Waals surface area contributed by atoms with Crippen LogP contribution in [-0.2, 0) is 4.74 Å². The van der Waals surface area contributed by atoms with Crippen LogP contribution in [0.25, 0.3) is 0 Å². The number of aliphatic hydroxyl groups is 3. The summed E-state index contributed by atoms with van der Waals surface area (Å²) in [6.07, 6.45) is -2.15. The number of hydrogen-bond donors (Lipinski definition) is 4. The minimum absolute atomic E-state index is 0.0502. The molecule has 1 saturated heterocycles. The third kappa shape index (κ3) is 1.89.